The maximum atomic E-state index is 10.8. The quantitative estimate of drug-likeness (QED) is 0.838. The van der Waals surface area contributed by atoms with Crippen molar-refractivity contribution in [2.45, 2.75) is 25.9 Å². The number of amides is 1. The molecule has 0 saturated carbocycles. The second-order valence-corrected chi connectivity index (χ2v) is 4.47. The number of nitrogens with zero attached hydrogens (tertiary/aromatic N) is 1. The standard InChI is InChI=1S/C14H17N3O/c1-10(6-14(15)18)17-9-12-8-16-7-11-4-2-3-5-13(11)12/h2-5,7-8,10,17H,6,9H2,1H3,(H2,15,18). The Kier molecular flexibility index (Phi) is 3.89. The number of nitrogens with one attached hydrogen (secondary N) is 1. The van der Waals surface area contributed by atoms with Crippen molar-refractivity contribution in [1.29, 1.82) is 0 Å². The molecule has 4 nitrogen and oxygen atoms in total. The molecule has 3 N–H and O–H groups in total. The lowest BCUT2D eigenvalue weighted by Gasteiger charge is -2.13. The van der Waals surface area contributed by atoms with Crippen LogP contribution in [0.1, 0.15) is 18.9 Å². The molecule has 1 heterocycles. The van der Waals surface area contributed by atoms with Crippen LogP contribution in [0.5, 0.6) is 0 Å². The number of fused-ring (bicyclic) bond motifs is 1. The molecule has 1 aromatic carbocycles. The lowest BCUT2D eigenvalue weighted by molar-refractivity contribution is -0.118. The Hall–Kier alpha value is -1.94. The summed E-state index contributed by atoms with van der Waals surface area (Å²) in [6.45, 7) is 2.63. The second-order valence-electron chi connectivity index (χ2n) is 4.47. The third kappa shape index (κ3) is 3.05. The van der Waals surface area contributed by atoms with E-state index in [0.29, 0.717) is 13.0 Å². The molecule has 18 heavy (non-hydrogen) atoms. The number of hydrogen-bond donors (Lipinski definition) is 2. The van der Waals surface area contributed by atoms with Crippen molar-refractivity contribution < 1.29 is 4.79 Å². The van der Waals surface area contributed by atoms with Crippen LogP contribution >= 0.6 is 0 Å². The van der Waals surface area contributed by atoms with Gasteiger partial charge in [0.1, 0.15) is 0 Å². The second kappa shape index (κ2) is 5.60. The SMILES string of the molecule is CC(CC(N)=O)NCc1cncc2ccccc12. The molecule has 1 amide bonds. The summed E-state index contributed by atoms with van der Waals surface area (Å²) in [6.07, 6.45) is 4.05. The van der Waals surface area contributed by atoms with E-state index in [0.717, 1.165) is 10.9 Å². The molecule has 0 fully saturated rings. The van der Waals surface area contributed by atoms with Crippen LogP contribution in [0.2, 0.25) is 0 Å². The number of rotatable bonds is 5. The molecule has 0 spiro atoms. The van der Waals surface area contributed by atoms with Gasteiger partial charge in [0.2, 0.25) is 5.91 Å². The molecule has 0 radical (unpaired) electrons. The molecule has 0 aliphatic heterocycles. The number of pyridine rings is 1. The normalized spacial score (nSPS) is 12.5. The van der Waals surface area contributed by atoms with Crippen molar-refractivity contribution in [3.8, 4) is 0 Å². The Morgan fingerprint density at radius 1 is 1.39 bits per heavy atom. The van der Waals surface area contributed by atoms with Gasteiger partial charge in [-0.3, -0.25) is 9.78 Å². The van der Waals surface area contributed by atoms with Gasteiger partial charge in [0.05, 0.1) is 0 Å². The Balaban J connectivity index is 2.10. The van der Waals surface area contributed by atoms with Gasteiger partial charge in [0, 0.05) is 36.8 Å². The van der Waals surface area contributed by atoms with Gasteiger partial charge in [-0.25, -0.2) is 0 Å². The number of nitrogens with two attached hydrogens (primary N) is 1. The van der Waals surface area contributed by atoms with Crippen LogP contribution in [0.25, 0.3) is 10.8 Å². The minimum absolute atomic E-state index is 0.0708. The summed E-state index contributed by atoms with van der Waals surface area (Å²) in [5, 5.41) is 5.59. The molecule has 1 unspecified atom stereocenters. The first-order valence-corrected chi connectivity index (χ1v) is 6.00. The van der Waals surface area contributed by atoms with Crippen molar-refractivity contribution in [3.05, 3.63) is 42.2 Å². The summed E-state index contributed by atoms with van der Waals surface area (Å²) in [5.41, 5.74) is 6.29. The Morgan fingerprint density at radius 3 is 2.94 bits per heavy atom. The highest BCUT2D eigenvalue weighted by atomic mass is 16.1. The van der Waals surface area contributed by atoms with E-state index >= 15 is 0 Å². The maximum Gasteiger partial charge on any atom is 0.218 e. The topological polar surface area (TPSA) is 68.0 Å². The molecular formula is C14H17N3O. The molecular weight excluding hydrogens is 226 g/mol. The highest BCUT2D eigenvalue weighted by Crippen LogP contribution is 2.16. The van der Waals surface area contributed by atoms with Crippen molar-refractivity contribution >= 4 is 16.7 Å². The van der Waals surface area contributed by atoms with E-state index in [2.05, 4.69) is 16.4 Å². The number of carbonyl (C=O) groups is 1. The Morgan fingerprint density at radius 2 is 2.17 bits per heavy atom. The zero-order valence-corrected chi connectivity index (χ0v) is 10.4. The van der Waals surface area contributed by atoms with E-state index in [-0.39, 0.29) is 11.9 Å². The molecule has 1 atom stereocenters. The van der Waals surface area contributed by atoms with Crippen LogP contribution in [0.3, 0.4) is 0 Å². The van der Waals surface area contributed by atoms with Crippen molar-refractivity contribution in [1.82, 2.24) is 10.3 Å². The van der Waals surface area contributed by atoms with E-state index in [9.17, 15) is 4.79 Å². The van der Waals surface area contributed by atoms with Crippen LogP contribution in [0.15, 0.2) is 36.7 Å². The third-order valence-electron chi connectivity index (χ3n) is 2.90. The highest BCUT2D eigenvalue weighted by molar-refractivity contribution is 5.84. The molecule has 94 valence electrons. The molecule has 2 rings (SSSR count). The number of primary amides is 1. The minimum atomic E-state index is -0.286. The summed E-state index contributed by atoms with van der Waals surface area (Å²) in [4.78, 5) is 15.0. The van der Waals surface area contributed by atoms with Gasteiger partial charge < -0.3 is 11.1 Å². The number of aromatic nitrogens is 1. The number of carbonyl (C=O) groups excluding carboxylic acids is 1. The van der Waals surface area contributed by atoms with Gasteiger partial charge in [-0.1, -0.05) is 24.3 Å². The highest BCUT2D eigenvalue weighted by Gasteiger charge is 2.06. The van der Waals surface area contributed by atoms with Gasteiger partial charge in [-0.15, -0.1) is 0 Å². The summed E-state index contributed by atoms with van der Waals surface area (Å²) in [7, 11) is 0. The lowest BCUT2D eigenvalue weighted by atomic mass is 10.1. The molecule has 0 bridgehead atoms. The average molecular weight is 243 g/mol. The van der Waals surface area contributed by atoms with Gasteiger partial charge in [-0.2, -0.15) is 0 Å². The van der Waals surface area contributed by atoms with E-state index < -0.39 is 0 Å². The van der Waals surface area contributed by atoms with Crippen LogP contribution < -0.4 is 11.1 Å². The first-order chi connectivity index (χ1) is 8.66. The zero-order chi connectivity index (χ0) is 13.0. The summed E-state index contributed by atoms with van der Waals surface area (Å²) >= 11 is 0. The van der Waals surface area contributed by atoms with E-state index in [1.165, 1.54) is 5.39 Å². The van der Waals surface area contributed by atoms with Gasteiger partial charge in [0.25, 0.3) is 0 Å². The third-order valence-corrected chi connectivity index (χ3v) is 2.90. The predicted molar refractivity (Wildman–Crippen MR) is 71.9 cm³/mol. The van der Waals surface area contributed by atoms with Gasteiger partial charge >= 0.3 is 0 Å². The predicted octanol–water partition coefficient (Wildman–Crippen LogP) is 1.59. The Bertz CT molecular complexity index is 548. The first kappa shape index (κ1) is 12.5. The van der Waals surface area contributed by atoms with Crippen LogP contribution in [-0.2, 0) is 11.3 Å². The zero-order valence-electron chi connectivity index (χ0n) is 10.4. The lowest BCUT2D eigenvalue weighted by Crippen LogP contribution is -2.30. The van der Waals surface area contributed by atoms with Crippen molar-refractivity contribution in [2.75, 3.05) is 0 Å². The molecule has 0 aliphatic carbocycles. The maximum absolute atomic E-state index is 10.8. The smallest absolute Gasteiger partial charge is 0.218 e. The summed E-state index contributed by atoms with van der Waals surface area (Å²) in [5.74, 6) is -0.286. The summed E-state index contributed by atoms with van der Waals surface area (Å²) < 4.78 is 0. The number of benzene rings is 1. The Labute approximate surface area is 106 Å². The van der Waals surface area contributed by atoms with Crippen LogP contribution in [0.4, 0.5) is 0 Å². The van der Waals surface area contributed by atoms with Crippen LogP contribution in [-0.4, -0.2) is 16.9 Å². The fraction of sp³-hybridized carbons (Fsp3) is 0.286. The average Bonchev–Trinajstić information content (AvgIpc) is 2.35. The number of hydrogen-bond acceptors (Lipinski definition) is 3. The molecule has 0 aliphatic rings. The van der Waals surface area contributed by atoms with E-state index in [1.54, 1.807) is 0 Å². The largest absolute Gasteiger partial charge is 0.370 e. The summed E-state index contributed by atoms with van der Waals surface area (Å²) in [6, 6.07) is 8.20. The molecule has 1 aromatic heterocycles. The fourth-order valence-electron chi connectivity index (χ4n) is 1.98. The van der Waals surface area contributed by atoms with E-state index in [1.807, 2.05) is 37.5 Å². The van der Waals surface area contributed by atoms with Gasteiger partial charge in [0.15, 0.2) is 0 Å². The monoisotopic (exact) mass is 243 g/mol. The molecule has 4 heteroatoms. The van der Waals surface area contributed by atoms with Crippen LogP contribution in [0, 0.1) is 0 Å². The fourth-order valence-corrected chi connectivity index (χ4v) is 1.98. The van der Waals surface area contributed by atoms with Crippen molar-refractivity contribution in [2.24, 2.45) is 5.73 Å². The minimum Gasteiger partial charge on any atom is -0.370 e. The molecule has 2 aromatic rings. The van der Waals surface area contributed by atoms with Gasteiger partial charge in [-0.05, 0) is 17.9 Å². The first-order valence-electron chi connectivity index (χ1n) is 6.00. The molecule has 0 saturated heterocycles. The van der Waals surface area contributed by atoms with E-state index in [4.69, 9.17) is 5.73 Å². The van der Waals surface area contributed by atoms with Crippen molar-refractivity contribution in [3.63, 3.8) is 0 Å².